The molecule has 0 saturated heterocycles. The molecule has 0 aromatic carbocycles. The summed E-state index contributed by atoms with van der Waals surface area (Å²) < 4.78 is 0. The standard InChI is InChI=1S/C21H32O4/c1-20-8-7-13(23)9-12(20)3-4-14-15-5-6-16(18(25)11-22)21(15,2)10-17(24)19(14)20/h12-16,19,22-23H,3-11H2,1-2H3/t12-,13-,14+,15+,16-,19+,20+,21+/m1/s1. The van der Waals surface area contributed by atoms with E-state index >= 15 is 0 Å². The Morgan fingerprint density at radius 2 is 1.88 bits per heavy atom. The van der Waals surface area contributed by atoms with Gasteiger partial charge in [0.1, 0.15) is 12.4 Å². The first-order valence-corrected chi connectivity index (χ1v) is 10.2. The van der Waals surface area contributed by atoms with Crippen molar-refractivity contribution in [1.29, 1.82) is 0 Å². The first-order chi connectivity index (χ1) is 11.8. The molecule has 8 atom stereocenters. The van der Waals surface area contributed by atoms with Crippen LogP contribution in [-0.2, 0) is 9.59 Å². The maximum atomic E-state index is 13.3. The molecule has 0 aliphatic heterocycles. The van der Waals surface area contributed by atoms with Gasteiger partial charge in [0.25, 0.3) is 0 Å². The molecule has 140 valence electrons. The van der Waals surface area contributed by atoms with E-state index in [9.17, 15) is 19.8 Å². The molecule has 0 unspecified atom stereocenters. The molecule has 0 spiro atoms. The molecule has 25 heavy (non-hydrogen) atoms. The van der Waals surface area contributed by atoms with E-state index in [4.69, 9.17) is 0 Å². The highest BCUT2D eigenvalue weighted by atomic mass is 16.3. The first-order valence-electron chi connectivity index (χ1n) is 10.2. The van der Waals surface area contributed by atoms with Crippen LogP contribution in [0.5, 0.6) is 0 Å². The van der Waals surface area contributed by atoms with E-state index in [0.29, 0.717) is 30.0 Å². The van der Waals surface area contributed by atoms with Gasteiger partial charge in [0.05, 0.1) is 6.10 Å². The summed E-state index contributed by atoms with van der Waals surface area (Å²) >= 11 is 0. The van der Waals surface area contributed by atoms with Crippen LogP contribution < -0.4 is 0 Å². The highest BCUT2D eigenvalue weighted by Crippen LogP contribution is 2.66. The summed E-state index contributed by atoms with van der Waals surface area (Å²) in [5.74, 6) is 1.52. The van der Waals surface area contributed by atoms with Gasteiger partial charge in [-0.15, -0.1) is 0 Å². The van der Waals surface area contributed by atoms with Crippen LogP contribution in [0.3, 0.4) is 0 Å². The van der Waals surface area contributed by atoms with Crippen molar-refractivity contribution in [3.8, 4) is 0 Å². The van der Waals surface area contributed by atoms with E-state index in [1.807, 2.05) is 0 Å². The number of Topliss-reactive ketones (excluding diaryl/α,β-unsaturated/α-hetero) is 2. The van der Waals surface area contributed by atoms with Gasteiger partial charge in [-0.1, -0.05) is 13.8 Å². The lowest BCUT2D eigenvalue weighted by molar-refractivity contribution is -0.162. The zero-order valence-electron chi connectivity index (χ0n) is 15.5. The number of aliphatic hydroxyl groups is 2. The second-order valence-corrected chi connectivity index (χ2v) is 9.86. The summed E-state index contributed by atoms with van der Waals surface area (Å²) in [4.78, 5) is 25.6. The minimum absolute atomic E-state index is 0.0274. The van der Waals surface area contributed by atoms with E-state index < -0.39 is 6.61 Å². The van der Waals surface area contributed by atoms with Crippen molar-refractivity contribution in [3.63, 3.8) is 0 Å². The van der Waals surface area contributed by atoms with Crippen LogP contribution in [0.1, 0.15) is 65.2 Å². The molecule has 4 saturated carbocycles. The summed E-state index contributed by atoms with van der Waals surface area (Å²) in [5.41, 5.74) is -0.227. The molecule has 4 nitrogen and oxygen atoms in total. The minimum atomic E-state index is -0.396. The van der Waals surface area contributed by atoms with Crippen molar-refractivity contribution in [2.45, 2.75) is 71.3 Å². The predicted molar refractivity (Wildman–Crippen MR) is 93.7 cm³/mol. The van der Waals surface area contributed by atoms with Crippen molar-refractivity contribution >= 4 is 11.6 Å². The minimum Gasteiger partial charge on any atom is -0.393 e. The molecule has 0 aromatic heterocycles. The Bertz CT molecular complexity index is 586. The molecular weight excluding hydrogens is 316 g/mol. The largest absolute Gasteiger partial charge is 0.393 e. The topological polar surface area (TPSA) is 74.6 Å². The number of ketones is 2. The number of carbonyl (C=O) groups excluding carboxylic acids is 2. The van der Waals surface area contributed by atoms with Gasteiger partial charge in [0.2, 0.25) is 0 Å². The average molecular weight is 348 g/mol. The van der Waals surface area contributed by atoms with Crippen LogP contribution >= 0.6 is 0 Å². The van der Waals surface area contributed by atoms with E-state index in [0.717, 1.165) is 44.9 Å². The highest BCUT2D eigenvalue weighted by molar-refractivity contribution is 5.88. The summed E-state index contributed by atoms with van der Waals surface area (Å²) in [6, 6.07) is 0. The number of hydrogen-bond acceptors (Lipinski definition) is 4. The SMILES string of the molecule is C[C@]12CC[C@@H](O)C[C@H]1CC[C@@H]1[C@H]2C(=O)C[C@]2(C)[C@@H](C(=O)CO)CC[C@@H]12. The summed E-state index contributed by atoms with van der Waals surface area (Å²) in [5, 5.41) is 19.5. The fraction of sp³-hybridized carbons (Fsp3) is 0.905. The average Bonchev–Trinajstić information content (AvgIpc) is 2.91. The van der Waals surface area contributed by atoms with E-state index in [1.54, 1.807) is 0 Å². The fourth-order valence-electron chi connectivity index (χ4n) is 7.69. The second kappa shape index (κ2) is 5.88. The Labute approximate surface area is 150 Å². The van der Waals surface area contributed by atoms with Gasteiger partial charge in [-0.3, -0.25) is 9.59 Å². The van der Waals surface area contributed by atoms with Crippen molar-refractivity contribution < 1.29 is 19.8 Å². The van der Waals surface area contributed by atoms with Gasteiger partial charge in [-0.05, 0) is 73.5 Å². The Kier molecular flexibility index (Phi) is 4.16. The summed E-state index contributed by atoms with van der Waals surface area (Å²) in [6.45, 7) is 4.04. The Balaban J connectivity index is 1.66. The van der Waals surface area contributed by atoms with Crippen molar-refractivity contribution in [2.24, 2.45) is 40.4 Å². The molecule has 4 rings (SSSR count). The monoisotopic (exact) mass is 348 g/mol. The molecule has 0 aromatic rings. The van der Waals surface area contributed by atoms with Crippen LogP contribution in [0, 0.1) is 40.4 Å². The third kappa shape index (κ3) is 2.39. The molecule has 4 aliphatic carbocycles. The molecule has 4 fully saturated rings. The quantitative estimate of drug-likeness (QED) is 0.805. The van der Waals surface area contributed by atoms with Crippen LogP contribution in [0.25, 0.3) is 0 Å². The molecule has 0 bridgehead atoms. The molecule has 4 aliphatic rings. The maximum absolute atomic E-state index is 13.3. The second-order valence-electron chi connectivity index (χ2n) is 9.86. The molecule has 0 heterocycles. The molecule has 2 N–H and O–H groups in total. The van der Waals surface area contributed by atoms with Crippen molar-refractivity contribution in [2.75, 3.05) is 6.61 Å². The van der Waals surface area contributed by atoms with Crippen LogP contribution in [0.15, 0.2) is 0 Å². The first kappa shape index (κ1) is 17.7. The van der Waals surface area contributed by atoms with E-state index in [1.165, 1.54) is 0 Å². The lowest BCUT2D eigenvalue weighted by Crippen LogP contribution is -2.58. The lowest BCUT2D eigenvalue weighted by atomic mass is 9.44. The summed E-state index contributed by atoms with van der Waals surface area (Å²) in [7, 11) is 0. The van der Waals surface area contributed by atoms with Crippen molar-refractivity contribution in [1.82, 2.24) is 0 Å². The van der Waals surface area contributed by atoms with Gasteiger partial charge in [-0.2, -0.15) is 0 Å². The van der Waals surface area contributed by atoms with Gasteiger partial charge < -0.3 is 10.2 Å². The predicted octanol–water partition coefficient (Wildman–Crippen LogP) is 2.75. The molecule has 4 heteroatoms. The van der Waals surface area contributed by atoms with Gasteiger partial charge in [-0.25, -0.2) is 0 Å². The van der Waals surface area contributed by atoms with Crippen LogP contribution in [0.4, 0.5) is 0 Å². The molecule has 0 amide bonds. The molecular formula is C21H32O4. The Morgan fingerprint density at radius 1 is 1.12 bits per heavy atom. The van der Waals surface area contributed by atoms with Gasteiger partial charge in [0.15, 0.2) is 5.78 Å². The van der Waals surface area contributed by atoms with Crippen molar-refractivity contribution in [3.05, 3.63) is 0 Å². The fourth-order valence-corrected chi connectivity index (χ4v) is 7.69. The smallest absolute Gasteiger partial charge is 0.161 e. The zero-order valence-corrected chi connectivity index (χ0v) is 15.5. The lowest BCUT2D eigenvalue weighted by Gasteiger charge is -2.59. The van der Waals surface area contributed by atoms with Gasteiger partial charge >= 0.3 is 0 Å². The number of fused-ring (bicyclic) bond motifs is 5. The Morgan fingerprint density at radius 3 is 2.60 bits per heavy atom. The number of rotatable bonds is 2. The third-order valence-corrected chi connectivity index (χ3v) is 8.87. The molecule has 0 radical (unpaired) electrons. The van der Waals surface area contributed by atoms with Crippen LogP contribution in [-0.4, -0.2) is 34.5 Å². The van der Waals surface area contributed by atoms with Crippen LogP contribution in [0.2, 0.25) is 0 Å². The summed E-state index contributed by atoms with van der Waals surface area (Å²) in [6.07, 6.45) is 6.93. The maximum Gasteiger partial charge on any atom is 0.161 e. The van der Waals surface area contributed by atoms with E-state index in [-0.39, 0.29) is 34.6 Å². The van der Waals surface area contributed by atoms with E-state index in [2.05, 4.69) is 13.8 Å². The highest BCUT2D eigenvalue weighted by Gasteiger charge is 2.63. The number of hydrogen-bond donors (Lipinski definition) is 2. The number of aliphatic hydroxyl groups excluding tert-OH is 2. The normalized spacial score (nSPS) is 52.2. The van der Waals surface area contributed by atoms with Gasteiger partial charge in [0, 0.05) is 18.3 Å². The zero-order chi connectivity index (χ0) is 18.0. The number of carbonyl (C=O) groups is 2. The third-order valence-electron chi connectivity index (χ3n) is 8.87. The Hall–Kier alpha value is -0.740.